The van der Waals surface area contributed by atoms with Crippen LogP contribution >= 0.6 is 0 Å². The third kappa shape index (κ3) is 4.29. The van der Waals surface area contributed by atoms with Crippen LogP contribution in [0.5, 0.6) is 5.75 Å². The number of carbonyl (C=O) groups excluding carboxylic acids is 1. The first-order valence-corrected chi connectivity index (χ1v) is 11.8. The Morgan fingerprint density at radius 1 is 1.12 bits per heavy atom. The molecule has 1 aliphatic heterocycles. The number of aliphatic hydroxyl groups is 1. The Balaban J connectivity index is 1.74. The zero-order chi connectivity index (χ0) is 23.8. The molecule has 0 bridgehead atoms. The van der Waals surface area contributed by atoms with E-state index in [9.17, 15) is 18.3 Å². The van der Waals surface area contributed by atoms with Crippen LogP contribution in [0.25, 0.3) is 0 Å². The Morgan fingerprint density at radius 3 is 2.52 bits per heavy atom. The van der Waals surface area contributed by atoms with Gasteiger partial charge in [-0.05, 0) is 56.3 Å². The van der Waals surface area contributed by atoms with E-state index in [1.807, 2.05) is 0 Å². The fraction of sp³-hybridized carbons (Fsp3) is 0.250. The number of para-hydroxylation sites is 1. The second-order valence-electron chi connectivity index (χ2n) is 8.35. The lowest BCUT2D eigenvalue weighted by molar-refractivity contribution is -0.0628. The fourth-order valence-corrected chi connectivity index (χ4v) is 4.98. The van der Waals surface area contributed by atoms with Crippen molar-refractivity contribution in [3.8, 4) is 5.75 Å². The lowest BCUT2D eigenvalue weighted by Crippen LogP contribution is -2.53. The third-order valence-electron chi connectivity index (χ3n) is 5.71. The van der Waals surface area contributed by atoms with Crippen molar-refractivity contribution in [3.05, 3.63) is 84.2 Å². The second kappa shape index (κ2) is 8.49. The quantitative estimate of drug-likeness (QED) is 0.597. The van der Waals surface area contributed by atoms with Crippen LogP contribution in [-0.2, 0) is 10.0 Å². The summed E-state index contributed by atoms with van der Waals surface area (Å²) in [5, 5.41) is 13.8. The molecule has 0 unspecified atom stereocenters. The molecule has 2 atom stereocenters. The summed E-state index contributed by atoms with van der Waals surface area (Å²) in [5.74, 6) is -0.0476. The molecule has 8 nitrogen and oxygen atoms in total. The summed E-state index contributed by atoms with van der Waals surface area (Å²) in [7, 11) is -2.43. The second-order valence-corrected chi connectivity index (χ2v) is 10.3. The van der Waals surface area contributed by atoms with Crippen molar-refractivity contribution in [2.75, 3.05) is 11.4 Å². The number of rotatable bonds is 5. The van der Waals surface area contributed by atoms with E-state index < -0.39 is 33.7 Å². The standard InChI is InChI=1S/C24H25N3O5S/c1-24(2)22(28)21(26-23(29)16-8-7-13-25-15-16)19-14-18(11-12-20(19)32-24)33(30,31)27(3)17-9-5-4-6-10-17/h4-15,21-22,28H,1-3H3,(H,26,29)/t21-,22+/m0/s1. The molecule has 0 spiro atoms. The van der Waals surface area contributed by atoms with Gasteiger partial charge in [0.05, 0.1) is 22.2 Å². The lowest BCUT2D eigenvalue weighted by atomic mass is 9.86. The molecule has 1 aromatic heterocycles. The van der Waals surface area contributed by atoms with Crippen LogP contribution in [0.2, 0.25) is 0 Å². The smallest absolute Gasteiger partial charge is 0.264 e. The van der Waals surface area contributed by atoms with E-state index in [0.29, 0.717) is 22.6 Å². The highest BCUT2D eigenvalue weighted by molar-refractivity contribution is 7.92. The molecule has 1 aliphatic rings. The van der Waals surface area contributed by atoms with Gasteiger partial charge in [-0.15, -0.1) is 0 Å². The number of sulfonamides is 1. The molecular weight excluding hydrogens is 442 g/mol. The number of nitrogens with zero attached hydrogens (tertiary/aromatic N) is 2. The Bertz CT molecular complexity index is 1260. The van der Waals surface area contributed by atoms with E-state index in [1.165, 1.54) is 29.7 Å². The van der Waals surface area contributed by atoms with E-state index in [4.69, 9.17) is 4.74 Å². The molecular formula is C24H25N3O5S. The van der Waals surface area contributed by atoms with Crippen molar-refractivity contribution in [1.29, 1.82) is 0 Å². The number of nitrogens with one attached hydrogen (secondary N) is 1. The van der Waals surface area contributed by atoms with Gasteiger partial charge in [0.2, 0.25) is 0 Å². The summed E-state index contributed by atoms with van der Waals surface area (Å²) in [4.78, 5) is 16.8. The predicted octanol–water partition coefficient (Wildman–Crippen LogP) is 2.91. The van der Waals surface area contributed by atoms with Crippen LogP contribution in [0.1, 0.15) is 35.8 Å². The maximum absolute atomic E-state index is 13.3. The van der Waals surface area contributed by atoms with Gasteiger partial charge in [0.1, 0.15) is 17.5 Å². The maximum atomic E-state index is 13.3. The van der Waals surface area contributed by atoms with Gasteiger partial charge in [0, 0.05) is 25.0 Å². The highest BCUT2D eigenvalue weighted by Crippen LogP contribution is 2.41. The molecule has 2 heterocycles. The van der Waals surface area contributed by atoms with E-state index in [2.05, 4.69) is 10.3 Å². The first-order valence-electron chi connectivity index (χ1n) is 10.4. The molecule has 172 valence electrons. The van der Waals surface area contributed by atoms with E-state index in [-0.39, 0.29) is 4.90 Å². The summed E-state index contributed by atoms with van der Waals surface area (Å²) in [6, 6.07) is 15.5. The van der Waals surface area contributed by atoms with Crippen molar-refractivity contribution in [3.63, 3.8) is 0 Å². The summed E-state index contributed by atoms with van der Waals surface area (Å²) in [6.45, 7) is 3.41. The summed E-state index contributed by atoms with van der Waals surface area (Å²) < 4.78 is 33.7. The van der Waals surface area contributed by atoms with Gasteiger partial charge in [0.25, 0.3) is 15.9 Å². The van der Waals surface area contributed by atoms with Crippen molar-refractivity contribution < 1.29 is 23.1 Å². The number of anilines is 1. The highest BCUT2D eigenvalue weighted by atomic mass is 32.2. The summed E-state index contributed by atoms with van der Waals surface area (Å²) in [6.07, 6.45) is 1.84. The van der Waals surface area contributed by atoms with Crippen LogP contribution in [0.3, 0.4) is 0 Å². The van der Waals surface area contributed by atoms with Gasteiger partial charge in [-0.1, -0.05) is 18.2 Å². The van der Waals surface area contributed by atoms with E-state index in [0.717, 1.165) is 0 Å². The Labute approximate surface area is 192 Å². The average Bonchev–Trinajstić information content (AvgIpc) is 2.82. The number of aliphatic hydroxyl groups excluding tert-OH is 1. The molecule has 0 radical (unpaired) electrons. The zero-order valence-electron chi connectivity index (χ0n) is 18.5. The minimum atomic E-state index is -3.90. The topological polar surface area (TPSA) is 109 Å². The van der Waals surface area contributed by atoms with Crippen LogP contribution in [-0.4, -0.2) is 43.2 Å². The Morgan fingerprint density at radius 2 is 1.85 bits per heavy atom. The Hall–Kier alpha value is -3.43. The minimum Gasteiger partial charge on any atom is -0.485 e. The van der Waals surface area contributed by atoms with Gasteiger partial charge < -0.3 is 15.2 Å². The minimum absolute atomic E-state index is 0.0173. The SMILES string of the molecule is CN(c1ccccc1)S(=O)(=O)c1ccc2c(c1)[C@H](NC(=O)c1cccnc1)[C@@H](O)C(C)(C)O2. The number of hydrogen-bond acceptors (Lipinski definition) is 6. The summed E-state index contributed by atoms with van der Waals surface area (Å²) in [5.41, 5.74) is 0.194. The first-order chi connectivity index (χ1) is 15.6. The van der Waals surface area contributed by atoms with Crippen LogP contribution in [0.15, 0.2) is 78.0 Å². The van der Waals surface area contributed by atoms with E-state index in [1.54, 1.807) is 68.6 Å². The number of amides is 1. The summed E-state index contributed by atoms with van der Waals surface area (Å²) >= 11 is 0. The molecule has 3 aromatic rings. The number of benzene rings is 2. The molecule has 2 aromatic carbocycles. The highest BCUT2D eigenvalue weighted by Gasteiger charge is 2.44. The van der Waals surface area contributed by atoms with Gasteiger partial charge in [-0.3, -0.25) is 14.1 Å². The van der Waals surface area contributed by atoms with Crippen molar-refractivity contribution in [2.45, 2.75) is 36.5 Å². The Kier molecular flexibility index (Phi) is 5.85. The van der Waals surface area contributed by atoms with Gasteiger partial charge in [-0.2, -0.15) is 0 Å². The van der Waals surface area contributed by atoms with Gasteiger partial charge in [0.15, 0.2) is 0 Å². The molecule has 4 rings (SSSR count). The van der Waals surface area contributed by atoms with Gasteiger partial charge in [-0.25, -0.2) is 8.42 Å². The molecule has 0 saturated carbocycles. The first kappa shape index (κ1) is 22.8. The molecule has 9 heteroatoms. The molecule has 0 aliphatic carbocycles. The number of fused-ring (bicyclic) bond motifs is 1. The molecule has 33 heavy (non-hydrogen) atoms. The number of aromatic nitrogens is 1. The predicted molar refractivity (Wildman–Crippen MR) is 124 cm³/mol. The number of carbonyl (C=O) groups is 1. The number of ether oxygens (including phenoxy) is 1. The molecule has 2 N–H and O–H groups in total. The molecule has 0 fully saturated rings. The van der Waals surface area contributed by atoms with Gasteiger partial charge >= 0.3 is 0 Å². The normalized spacial score (nSPS) is 19.2. The van der Waals surface area contributed by atoms with Crippen LogP contribution in [0, 0.1) is 0 Å². The van der Waals surface area contributed by atoms with Crippen molar-refractivity contribution in [2.24, 2.45) is 0 Å². The number of hydrogen-bond donors (Lipinski definition) is 2. The number of pyridine rings is 1. The lowest BCUT2D eigenvalue weighted by Gasteiger charge is -2.42. The maximum Gasteiger partial charge on any atom is 0.264 e. The zero-order valence-corrected chi connectivity index (χ0v) is 19.3. The fourth-order valence-electron chi connectivity index (χ4n) is 3.75. The van der Waals surface area contributed by atoms with Crippen LogP contribution in [0.4, 0.5) is 5.69 Å². The van der Waals surface area contributed by atoms with Crippen molar-refractivity contribution in [1.82, 2.24) is 10.3 Å². The third-order valence-corrected chi connectivity index (χ3v) is 7.49. The largest absolute Gasteiger partial charge is 0.485 e. The van der Waals surface area contributed by atoms with E-state index >= 15 is 0 Å². The monoisotopic (exact) mass is 467 g/mol. The van der Waals surface area contributed by atoms with Crippen LogP contribution < -0.4 is 14.4 Å². The molecule has 1 amide bonds. The molecule has 0 saturated heterocycles. The average molecular weight is 468 g/mol. The van der Waals surface area contributed by atoms with Crippen molar-refractivity contribution >= 4 is 21.6 Å².